The first-order valence-corrected chi connectivity index (χ1v) is 5.63. The number of hydrogen-bond acceptors (Lipinski definition) is 4. The van der Waals surface area contributed by atoms with Crippen LogP contribution < -0.4 is 5.32 Å². The molecule has 5 heteroatoms. The Morgan fingerprint density at radius 3 is 2.82 bits per heavy atom. The smallest absolute Gasteiger partial charge is 0.254 e. The molecule has 2 rings (SSSR count). The van der Waals surface area contributed by atoms with Gasteiger partial charge in [-0.15, -0.1) is 0 Å². The van der Waals surface area contributed by atoms with Crippen molar-refractivity contribution in [2.24, 2.45) is 0 Å². The second kappa shape index (κ2) is 4.63. The molecule has 1 saturated heterocycles. The zero-order valence-corrected chi connectivity index (χ0v) is 9.68. The van der Waals surface area contributed by atoms with Crippen LogP contribution in [-0.4, -0.2) is 46.7 Å². The first kappa shape index (κ1) is 11.7. The lowest BCUT2D eigenvalue weighted by Crippen LogP contribution is -2.52. The molecule has 1 aliphatic heterocycles. The highest BCUT2D eigenvalue weighted by molar-refractivity contribution is 5.95. The third kappa shape index (κ3) is 2.34. The molecule has 1 aromatic carbocycles. The third-order valence-electron chi connectivity index (χ3n) is 2.98. The van der Waals surface area contributed by atoms with Gasteiger partial charge in [0.15, 0.2) is 11.5 Å². The highest BCUT2D eigenvalue weighted by atomic mass is 16.3. The van der Waals surface area contributed by atoms with Gasteiger partial charge in [0.25, 0.3) is 5.91 Å². The van der Waals surface area contributed by atoms with Crippen molar-refractivity contribution in [1.29, 1.82) is 0 Å². The number of aromatic hydroxyl groups is 2. The van der Waals surface area contributed by atoms with Crippen LogP contribution in [0.25, 0.3) is 0 Å². The number of benzene rings is 1. The van der Waals surface area contributed by atoms with Gasteiger partial charge in [0.05, 0.1) is 0 Å². The molecular weight excluding hydrogens is 220 g/mol. The molecule has 3 N–H and O–H groups in total. The quantitative estimate of drug-likeness (QED) is 0.622. The van der Waals surface area contributed by atoms with Gasteiger partial charge in [0, 0.05) is 31.2 Å². The minimum Gasteiger partial charge on any atom is -0.504 e. The minimum atomic E-state index is -0.265. The van der Waals surface area contributed by atoms with Crippen LogP contribution in [0.15, 0.2) is 18.2 Å². The molecule has 0 aromatic heterocycles. The van der Waals surface area contributed by atoms with E-state index in [2.05, 4.69) is 5.32 Å². The molecule has 1 fully saturated rings. The Kier molecular flexibility index (Phi) is 3.19. The maximum absolute atomic E-state index is 12.2. The second-order valence-electron chi connectivity index (χ2n) is 4.26. The highest BCUT2D eigenvalue weighted by Crippen LogP contribution is 2.25. The maximum atomic E-state index is 12.2. The number of phenols is 2. The summed E-state index contributed by atoms with van der Waals surface area (Å²) in [6.45, 7) is 4.18. The molecule has 0 unspecified atom stereocenters. The van der Waals surface area contributed by atoms with E-state index in [1.807, 2.05) is 6.92 Å². The zero-order valence-electron chi connectivity index (χ0n) is 9.68. The maximum Gasteiger partial charge on any atom is 0.254 e. The van der Waals surface area contributed by atoms with Crippen LogP contribution in [0, 0.1) is 0 Å². The number of carbonyl (C=O) groups excluding carboxylic acids is 1. The molecule has 1 heterocycles. The fourth-order valence-electron chi connectivity index (χ4n) is 1.97. The first-order valence-electron chi connectivity index (χ1n) is 5.63. The van der Waals surface area contributed by atoms with Gasteiger partial charge in [-0.05, 0) is 25.1 Å². The standard InChI is InChI=1S/C12H16N2O3/c1-8-7-13-4-5-14(8)12(17)9-2-3-10(15)11(16)6-9/h2-3,6,8,13,15-16H,4-5,7H2,1H3/t8-/m0/s1. The van der Waals surface area contributed by atoms with Crippen LogP contribution in [0.5, 0.6) is 11.5 Å². The van der Waals surface area contributed by atoms with Crippen molar-refractivity contribution in [3.8, 4) is 11.5 Å². The summed E-state index contributed by atoms with van der Waals surface area (Å²) in [5.41, 5.74) is 0.397. The van der Waals surface area contributed by atoms with Crippen molar-refractivity contribution < 1.29 is 15.0 Å². The summed E-state index contributed by atoms with van der Waals surface area (Å²) in [7, 11) is 0. The van der Waals surface area contributed by atoms with Crippen molar-refractivity contribution in [2.45, 2.75) is 13.0 Å². The molecule has 0 spiro atoms. The highest BCUT2D eigenvalue weighted by Gasteiger charge is 2.24. The second-order valence-corrected chi connectivity index (χ2v) is 4.26. The van der Waals surface area contributed by atoms with Gasteiger partial charge in [-0.2, -0.15) is 0 Å². The molecule has 92 valence electrons. The molecule has 17 heavy (non-hydrogen) atoms. The normalized spacial score (nSPS) is 20.3. The minimum absolute atomic E-state index is 0.116. The van der Waals surface area contributed by atoms with E-state index in [9.17, 15) is 15.0 Å². The van der Waals surface area contributed by atoms with Gasteiger partial charge < -0.3 is 20.4 Å². The molecule has 1 amide bonds. The molecular formula is C12H16N2O3. The van der Waals surface area contributed by atoms with Crippen molar-refractivity contribution in [3.05, 3.63) is 23.8 Å². The number of rotatable bonds is 1. The first-order chi connectivity index (χ1) is 8.09. The molecule has 1 aromatic rings. The predicted octanol–water partition coefficient (Wildman–Crippen LogP) is 0.532. The molecule has 0 saturated carbocycles. The number of phenolic OH excluding ortho intramolecular Hbond substituents is 2. The van der Waals surface area contributed by atoms with Gasteiger partial charge >= 0.3 is 0 Å². The molecule has 0 radical (unpaired) electrons. The predicted molar refractivity (Wildman–Crippen MR) is 63.1 cm³/mol. The van der Waals surface area contributed by atoms with Crippen LogP contribution in [-0.2, 0) is 0 Å². The summed E-state index contributed by atoms with van der Waals surface area (Å²) < 4.78 is 0. The van der Waals surface area contributed by atoms with Crippen LogP contribution in [0.1, 0.15) is 17.3 Å². The number of piperazine rings is 1. The number of nitrogens with one attached hydrogen (secondary N) is 1. The Morgan fingerprint density at radius 1 is 1.41 bits per heavy atom. The molecule has 5 nitrogen and oxygen atoms in total. The van der Waals surface area contributed by atoms with E-state index in [4.69, 9.17) is 0 Å². The Balaban J connectivity index is 2.21. The van der Waals surface area contributed by atoms with Crippen LogP contribution in [0.4, 0.5) is 0 Å². The Bertz CT molecular complexity index is 434. The average Bonchev–Trinajstić information content (AvgIpc) is 2.32. The number of amides is 1. The largest absolute Gasteiger partial charge is 0.504 e. The third-order valence-corrected chi connectivity index (χ3v) is 2.98. The number of nitrogens with zero attached hydrogens (tertiary/aromatic N) is 1. The Hall–Kier alpha value is -1.75. The summed E-state index contributed by atoms with van der Waals surface area (Å²) in [4.78, 5) is 13.9. The molecule has 1 aliphatic rings. The lowest BCUT2D eigenvalue weighted by Gasteiger charge is -2.34. The number of hydrogen-bond donors (Lipinski definition) is 3. The SMILES string of the molecule is C[C@H]1CNCCN1C(=O)c1ccc(O)c(O)c1. The summed E-state index contributed by atoms with van der Waals surface area (Å²) >= 11 is 0. The van der Waals surface area contributed by atoms with Crippen molar-refractivity contribution in [2.75, 3.05) is 19.6 Å². The van der Waals surface area contributed by atoms with Gasteiger partial charge in [-0.1, -0.05) is 0 Å². The van der Waals surface area contributed by atoms with Crippen LogP contribution >= 0.6 is 0 Å². The van der Waals surface area contributed by atoms with Crippen molar-refractivity contribution in [1.82, 2.24) is 10.2 Å². The van der Waals surface area contributed by atoms with E-state index in [0.29, 0.717) is 12.1 Å². The van der Waals surface area contributed by atoms with Gasteiger partial charge in [0.2, 0.25) is 0 Å². The van der Waals surface area contributed by atoms with Crippen molar-refractivity contribution in [3.63, 3.8) is 0 Å². The topological polar surface area (TPSA) is 72.8 Å². The van der Waals surface area contributed by atoms with Gasteiger partial charge in [-0.3, -0.25) is 4.79 Å². The summed E-state index contributed by atoms with van der Waals surface area (Å²) in [6.07, 6.45) is 0. The van der Waals surface area contributed by atoms with Crippen molar-refractivity contribution >= 4 is 5.91 Å². The molecule has 0 bridgehead atoms. The Morgan fingerprint density at radius 2 is 2.18 bits per heavy atom. The summed E-state index contributed by atoms with van der Waals surface area (Å²) in [5, 5.41) is 21.8. The zero-order chi connectivity index (χ0) is 12.4. The lowest BCUT2D eigenvalue weighted by atomic mass is 10.1. The summed E-state index contributed by atoms with van der Waals surface area (Å²) in [5.74, 6) is -0.595. The van der Waals surface area contributed by atoms with E-state index in [1.165, 1.54) is 18.2 Å². The van der Waals surface area contributed by atoms with Gasteiger partial charge in [0.1, 0.15) is 0 Å². The molecule has 0 aliphatic carbocycles. The fourth-order valence-corrected chi connectivity index (χ4v) is 1.97. The van der Waals surface area contributed by atoms with E-state index < -0.39 is 0 Å². The lowest BCUT2D eigenvalue weighted by molar-refractivity contribution is 0.0655. The van der Waals surface area contributed by atoms with E-state index >= 15 is 0 Å². The monoisotopic (exact) mass is 236 g/mol. The van der Waals surface area contributed by atoms with E-state index in [1.54, 1.807) is 4.90 Å². The van der Waals surface area contributed by atoms with Gasteiger partial charge in [-0.25, -0.2) is 0 Å². The van der Waals surface area contributed by atoms with E-state index in [-0.39, 0.29) is 23.4 Å². The fraction of sp³-hybridized carbons (Fsp3) is 0.417. The van der Waals surface area contributed by atoms with Crippen LogP contribution in [0.2, 0.25) is 0 Å². The molecule has 1 atom stereocenters. The Labute approximate surface area is 99.7 Å². The van der Waals surface area contributed by atoms with Crippen LogP contribution in [0.3, 0.4) is 0 Å². The van der Waals surface area contributed by atoms with E-state index in [0.717, 1.165) is 13.1 Å². The summed E-state index contributed by atoms with van der Waals surface area (Å²) in [6, 6.07) is 4.28. The average molecular weight is 236 g/mol. The number of carbonyl (C=O) groups is 1.